The van der Waals surface area contributed by atoms with Crippen LogP contribution >= 0.6 is 11.3 Å². The molecule has 1 saturated carbocycles. The number of carbonyl (C=O) groups is 2. The highest BCUT2D eigenvalue weighted by molar-refractivity contribution is 7.15. The molecular formula is C14H19N3O2S. The number of aromatic nitrogens is 1. The van der Waals surface area contributed by atoms with Crippen LogP contribution in [0.3, 0.4) is 0 Å². The highest BCUT2D eigenvalue weighted by Gasteiger charge is 2.38. The summed E-state index contributed by atoms with van der Waals surface area (Å²) in [6.45, 7) is 2.52. The molecule has 1 atom stereocenters. The third kappa shape index (κ3) is 2.70. The van der Waals surface area contributed by atoms with Crippen molar-refractivity contribution in [2.24, 2.45) is 5.92 Å². The van der Waals surface area contributed by atoms with Crippen LogP contribution in [0.25, 0.3) is 0 Å². The minimum Gasteiger partial charge on any atom is -0.339 e. The fourth-order valence-electron chi connectivity index (χ4n) is 3.10. The first-order valence-electron chi connectivity index (χ1n) is 7.16. The van der Waals surface area contributed by atoms with Crippen LogP contribution in [0.15, 0.2) is 6.20 Å². The molecule has 0 unspecified atom stereocenters. The maximum absolute atomic E-state index is 12.2. The summed E-state index contributed by atoms with van der Waals surface area (Å²) >= 11 is 1.46. The fourth-order valence-corrected chi connectivity index (χ4v) is 3.76. The molecule has 0 aromatic carbocycles. The number of carbonyl (C=O) groups excluding carboxylic acids is 2. The quantitative estimate of drug-likeness (QED) is 0.929. The SMILES string of the molecule is Cc1cnc(NC(=O)[C@H]2CC(=O)N(C3CCCC3)C2)s1. The van der Waals surface area contributed by atoms with E-state index in [-0.39, 0.29) is 17.7 Å². The molecule has 1 aromatic rings. The third-order valence-electron chi connectivity index (χ3n) is 4.15. The summed E-state index contributed by atoms with van der Waals surface area (Å²) in [7, 11) is 0. The monoisotopic (exact) mass is 293 g/mol. The van der Waals surface area contributed by atoms with E-state index in [4.69, 9.17) is 0 Å². The van der Waals surface area contributed by atoms with Crippen molar-refractivity contribution in [2.45, 2.75) is 45.1 Å². The van der Waals surface area contributed by atoms with Crippen LogP contribution in [0.5, 0.6) is 0 Å². The molecule has 5 nitrogen and oxygen atoms in total. The van der Waals surface area contributed by atoms with Gasteiger partial charge in [0.05, 0.1) is 5.92 Å². The fraction of sp³-hybridized carbons (Fsp3) is 0.643. The van der Waals surface area contributed by atoms with Gasteiger partial charge in [-0.3, -0.25) is 9.59 Å². The van der Waals surface area contributed by atoms with E-state index in [1.807, 2.05) is 11.8 Å². The third-order valence-corrected chi connectivity index (χ3v) is 4.97. The Balaban J connectivity index is 1.60. The van der Waals surface area contributed by atoms with E-state index >= 15 is 0 Å². The van der Waals surface area contributed by atoms with Gasteiger partial charge in [-0.25, -0.2) is 4.98 Å². The zero-order valence-corrected chi connectivity index (χ0v) is 12.4. The van der Waals surface area contributed by atoms with Gasteiger partial charge < -0.3 is 10.2 Å². The Morgan fingerprint density at radius 3 is 2.85 bits per heavy atom. The molecule has 2 aliphatic rings. The molecule has 2 heterocycles. The maximum atomic E-state index is 12.2. The van der Waals surface area contributed by atoms with Crippen molar-refractivity contribution in [3.8, 4) is 0 Å². The van der Waals surface area contributed by atoms with E-state index in [9.17, 15) is 9.59 Å². The lowest BCUT2D eigenvalue weighted by Gasteiger charge is -2.23. The summed E-state index contributed by atoms with van der Waals surface area (Å²) in [6, 6.07) is 0.363. The minimum atomic E-state index is -0.229. The number of anilines is 1. The van der Waals surface area contributed by atoms with Crippen LogP contribution in [0.2, 0.25) is 0 Å². The number of aryl methyl sites for hydroxylation is 1. The van der Waals surface area contributed by atoms with Gasteiger partial charge in [0.2, 0.25) is 11.8 Å². The summed E-state index contributed by atoms with van der Waals surface area (Å²) < 4.78 is 0. The van der Waals surface area contributed by atoms with Crippen molar-refractivity contribution in [1.29, 1.82) is 0 Å². The summed E-state index contributed by atoms with van der Waals surface area (Å²) in [5.74, 6) is -0.173. The number of hydrogen-bond donors (Lipinski definition) is 1. The van der Waals surface area contributed by atoms with Crippen molar-refractivity contribution in [3.63, 3.8) is 0 Å². The Labute approximate surface area is 122 Å². The Kier molecular flexibility index (Phi) is 3.74. The van der Waals surface area contributed by atoms with E-state index in [0.29, 0.717) is 24.1 Å². The van der Waals surface area contributed by atoms with Gasteiger partial charge in [0, 0.05) is 30.1 Å². The molecule has 2 fully saturated rings. The minimum absolute atomic E-state index is 0.0757. The number of nitrogens with zero attached hydrogens (tertiary/aromatic N) is 2. The molecule has 0 spiro atoms. The van der Waals surface area contributed by atoms with E-state index in [1.165, 1.54) is 24.2 Å². The first-order valence-corrected chi connectivity index (χ1v) is 7.98. The van der Waals surface area contributed by atoms with Crippen LogP contribution in [0.4, 0.5) is 5.13 Å². The lowest BCUT2D eigenvalue weighted by Crippen LogP contribution is -2.35. The predicted octanol–water partition coefficient (Wildman–Crippen LogP) is 2.18. The van der Waals surface area contributed by atoms with Gasteiger partial charge in [0.25, 0.3) is 0 Å². The van der Waals surface area contributed by atoms with Crippen LogP contribution in [-0.2, 0) is 9.59 Å². The van der Waals surface area contributed by atoms with Crippen molar-refractivity contribution in [2.75, 3.05) is 11.9 Å². The first kappa shape index (κ1) is 13.5. The average molecular weight is 293 g/mol. The van der Waals surface area contributed by atoms with Crippen molar-refractivity contribution < 1.29 is 9.59 Å². The molecule has 3 rings (SSSR count). The van der Waals surface area contributed by atoms with Crippen LogP contribution < -0.4 is 5.32 Å². The highest BCUT2D eigenvalue weighted by atomic mass is 32.1. The molecule has 6 heteroatoms. The predicted molar refractivity (Wildman–Crippen MR) is 77.6 cm³/mol. The Bertz CT molecular complexity index is 522. The molecule has 0 radical (unpaired) electrons. The largest absolute Gasteiger partial charge is 0.339 e. The molecular weight excluding hydrogens is 274 g/mol. The normalized spacial score (nSPS) is 23.6. The molecule has 20 heavy (non-hydrogen) atoms. The molecule has 108 valence electrons. The van der Waals surface area contributed by atoms with Crippen molar-refractivity contribution >= 4 is 28.3 Å². The summed E-state index contributed by atoms with van der Waals surface area (Å²) in [5.41, 5.74) is 0. The van der Waals surface area contributed by atoms with Crippen molar-refractivity contribution in [1.82, 2.24) is 9.88 Å². The van der Waals surface area contributed by atoms with Gasteiger partial charge >= 0.3 is 0 Å². The Hall–Kier alpha value is -1.43. The zero-order chi connectivity index (χ0) is 14.1. The number of thiazole rings is 1. The number of hydrogen-bond acceptors (Lipinski definition) is 4. The summed E-state index contributed by atoms with van der Waals surface area (Å²) in [4.78, 5) is 31.4. The molecule has 1 aliphatic heterocycles. The Morgan fingerprint density at radius 1 is 1.45 bits per heavy atom. The lowest BCUT2D eigenvalue weighted by molar-refractivity contribution is -0.129. The number of likely N-dealkylation sites (tertiary alicyclic amines) is 1. The smallest absolute Gasteiger partial charge is 0.231 e. The second kappa shape index (κ2) is 5.52. The van der Waals surface area contributed by atoms with Gasteiger partial charge in [-0.15, -0.1) is 11.3 Å². The lowest BCUT2D eigenvalue weighted by atomic mass is 10.1. The van der Waals surface area contributed by atoms with Gasteiger partial charge in [0.1, 0.15) is 0 Å². The molecule has 1 aliphatic carbocycles. The molecule has 2 amide bonds. The van der Waals surface area contributed by atoms with E-state index in [2.05, 4.69) is 10.3 Å². The van der Waals surface area contributed by atoms with Gasteiger partial charge in [-0.05, 0) is 19.8 Å². The molecule has 1 saturated heterocycles. The standard InChI is InChI=1S/C14H19N3O2S/c1-9-7-15-14(20-9)16-13(19)10-6-12(18)17(8-10)11-4-2-3-5-11/h7,10-11H,2-6,8H2,1H3,(H,15,16,19)/t10-/m0/s1. The van der Waals surface area contributed by atoms with Gasteiger partial charge in [-0.2, -0.15) is 0 Å². The molecule has 1 aromatic heterocycles. The molecule has 0 bridgehead atoms. The topological polar surface area (TPSA) is 62.3 Å². The Morgan fingerprint density at radius 2 is 2.20 bits per heavy atom. The van der Waals surface area contributed by atoms with E-state index in [0.717, 1.165) is 17.7 Å². The van der Waals surface area contributed by atoms with E-state index < -0.39 is 0 Å². The number of amides is 2. The summed E-state index contributed by atoms with van der Waals surface area (Å²) in [5, 5.41) is 3.45. The van der Waals surface area contributed by atoms with Gasteiger partial charge in [-0.1, -0.05) is 12.8 Å². The first-order chi connectivity index (χ1) is 9.63. The van der Waals surface area contributed by atoms with Crippen LogP contribution in [0.1, 0.15) is 37.0 Å². The zero-order valence-electron chi connectivity index (χ0n) is 11.6. The van der Waals surface area contributed by atoms with Crippen LogP contribution in [-0.4, -0.2) is 34.3 Å². The highest BCUT2D eigenvalue weighted by Crippen LogP contribution is 2.30. The van der Waals surface area contributed by atoms with Crippen molar-refractivity contribution in [3.05, 3.63) is 11.1 Å². The second-order valence-electron chi connectivity index (χ2n) is 5.65. The number of rotatable bonds is 3. The van der Waals surface area contributed by atoms with E-state index in [1.54, 1.807) is 6.20 Å². The van der Waals surface area contributed by atoms with Crippen LogP contribution in [0, 0.1) is 12.8 Å². The van der Waals surface area contributed by atoms with Gasteiger partial charge in [0.15, 0.2) is 5.13 Å². The average Bonchev–Trinajstić information content (AvgIpc) is 3.10. The maximum Gasteiger partial charge on any atom is 0.231 e. The molecule has 1 N–H and O–H groups in total. The summed E-state index contributed by atoms with van der Waals surface area (Å²) in [6.07, 6.45) is 6.66. The number of nitrogens with one attached hydrogen (secondary N) is 1. The second-order valence-corrected chi connectivity index (χ2v) is 6.89.